The van der Waals surface area contributed by atoms with E-state index in [1.54, 1.807) is 0 Å². The van der Waals surface area contributed by atoms with Gasteiger partial charge in [0.1, 0.15) is 11.6 Å². The van der Waals surface area contributed by atoms with Crippen molar-refractivity contribution in [1.29, 1.82) is 0 Å². The second-order valence-electron chi connectivity index (χ2n) is 4.44. The van der Waals surface area contributed by atoms with Gasteiger partial charge < -0.3 is 16.4 Å². The number of nitrogens with one attached hydrogen (secondary N) is 2. The first-order valence-corrected chi connectivity index (χ1v) is 7.28. The quantitative estimate of drug-likeness (QED) is 0.780. The molecule has 1 heterocycles. The van der Waals surface area contributed by atoms with Gasteiger partial charge in [-0.2, -0.15) is 9.97 Å². The molecule has 0 aliphatic rings. The largest absolute Gasteiger partial charge is 0.370 e. The second-order valence-corrected chi connectivity index (χ2v) is 5.36. The van der Waals surface area contributed by atoms with Gasteiger partial charge in [0.25, 0.3) is 0 Å². The Balaban J connectivity index is 2.14. The highest BCUT2D eigenvalue weighted by molar-refractivity contribution is 9.10. The molecule has 0 aliphatic heterocycles. The summed E-state index contributed by atoms with van der Waals surface area (Å²) in [6.07, 6.45) is 0. The molecule has 0 aliphatic carbocycles. The van der Waals surface area contributed by atoms with Gasteiger partial charge in [-0.1, -0.05) is 28.1 Å². The Kier molecular flexibility index (Phi) is 4.79. The van der Waals surface area contributed by atoms with Gasteiger partial charge in [-0.15, -0.1) is 0 Å². The van der Waals surface area contributed by atoms with E-state index in [9.17, 15) is 0 Å². The number of nitrogen functional groups attached to an aromatic ring is 1. The highest BCUT2D eigenvalue weighted by atomic mass is 79.9. The molecule has 1 aromatic heterocycles. The third kappa shape index (κ3) is 3.84. The minimum Gasteiger partial charge on any atom is -0.370 e. The van der Waals surface area contributed by atoms with Crippen LogP contribution in [0.1, 0.15) is 25.5 Å². The Morgan fingerprint density at radius 3 is 2.50 bits per heavy atom. The van der Waals surface area contributed by atoms with Crippen molar-refractivity contribution in [1.82, 2.24) is 9.97 Å². The standard InChI is InChI=1S/C14H18BrN5/c1-3-17-12-8-13(20-14(16)19-12)18-9(2)10-4-6-11(15)7-5-10/h4-9H,3H2,1-2H3,(H4,16,17,18,19,20). The molecule has 0 saturated heterocycles. The number of benzene rings is 1. The predicted molar refractivity (Wildman–Crippen MR) is 86.8 cm³/mol. The molecule has 106 valence electrons. The monoisotopic (exact) mass is 335 g/mol. The lowest BCUT2D eigenvalue weighted by molar-refractivity contribution is 0.872. The van der Waals surface area contributed by atoms with Crippen LogP contribution in [0, 0.1) is 0 Å². The molecule has 0 saturated carbocycles. The summed E-state index contributed by atoms with van der Waals surface area (Å²) in [6.45, 7) is 4.88. The van der Waals surface area contributed by atoms with Gasteiger partial charge in [-0.05, 0) is 31.5 Å². The van der Waals surface area contributed by atoms with Crippen LogP contribution in [0.25, 0.3) is 0 Å². The van der Waals surface area contributed by atoms with Crippen LogP contribution in [0.15, 0.2) is 34.8 Å². The highest BCUT2D eigenvalue weighted by Gasteiger charge is 2.08. The topological polar surface area (TPSA) is 75.9 Å². The molecule has 0 amide bonds. The summed E-state index contributed by atoms with van der Waals surface area (Å²) in [6, 6.07) is 10.2. The fourth-order valence-electron chi connectivity index (χ4n) is 1.87. The van der Waals surface area contributed by atoms with Crippen LogP contribution in [-0.2, 0) is 0 Å². The maximum atomic E-state index is 5.72. The summed E-state index contributed by atoms with van der Waals surface area (Å²) in [7, 11) is 0. The van der Waals surface area contributed by atoms with Crippen LogP contribution in [0.2, 0.25) is 0 Å². The molecule has 5 nitrogen and oxygen atoms in total. The van der Waals surface area contributed by atoms with Crippen molar-refractivity contribution in [2.45, 2.75) is 19.9 Å². The van der Waals surface area contributed by atoms with E-state index in [4.69, 9.17) is 5.73 Å². The average Bonchev–Trinajstić information content (AvgIpc) is 2.39. The lowest BCUT2D eigenvalue weighted by atomic mass is 10.1. The summed E-state index contributed by atoms with van der Waals surface area (Å²) < 4.78 is 1.06. The molecule has 0 fully saturated rings. The van der Waals surface area contributed by atoms with E-state index in [1.165, 1.54) is 5.56 Å². The molecule has 0 spiro atoms. The van der Waals surface area contributed by atoms with Crippen LogP contribution >= 0.6 is 15.9 Å². The van der Waals surface area contributed by atoms with E-state index < -0.39 is 0 Å². The Morgan fingerprint density at radius 2 is 1.85 bits per heavy atom. The van der Waals surface area contributed by atoms with E-state index in [0.29, 0.717) is 5.82 Å². The van der Waals surface area contributed by atoms with E-state index >= 15 is 0 Å². The number of nitrogens with zero attached hydrogens (tertiary/aromatic N) is 2. The number of halogens is 1. The van der Waals surface area contributed by atoms with Crippen molar-refractivity contribution in [3.05, 3.63) is 40.4 Å². The van der Waals surface area contributed by atoms with Crippen LogP contribution in [0.4, 0.5) is 17.6 Å². The Hall–Kier alpha value is -1.82. The molecule has 0 bridgehead atoms. The van der Waals surface area contributed by atoms with Crippen molar-refractivity contribution < 1.29 is 0 Å². The third-order valence-electron chi connectivity index (χ3n) is 2.84. The number of aromatic nitrogens is 2. The molecule has 20 heavy (non-hydrogen) atoms. The minimum absolute atomic E-state index is 0.131. The van der Waals surface area contributed by atoms with E-state index in [0.717, 1.165) is 16.8 Å². The first kappa shape index (κ1) is 14.6. The molecule has 0 radical (unpaired) electrons. The zero-order chi connectivity index (χ0) is 14.5. The van der Waals surface area contributed by atoms with E-state index in [2.05, 4.69) is 55.6 Å². The molecule has 1 unspecified atom stereocenters. The van der Waals surface area contributed by atoms with Gasteiger partial charge in [-0.3, -0.25) is 0 Å². The van der Waals surface area contributed by atoms with Crippen LogP contribution in [0.5, 0.6) is 0 Å². The maximum Gasteiger partial charge on any atom is 0.223 e. The Morgan fingerprint density at radius 1 is 1.20 bits per heavy atom. The van der Waals surface area contributed by atoms with Gasteiger partial charge in [0.05, 0.1) is 0 Å². The molecule has 2 rings (SSSR count). The molecule has 4 N–H and O–H groups in total. The normalized spacial score (nSPS) is 11.9. The summed E-state index contributed by atoms with van der Waals surface area (Å²) in [5.41, 5.74) is 6.89. The Labute approximate surface area is 127 Å². The van der Waals surface area contributed by atoms with Crippen LogP contribution < -0.4 is 16.4 Å². The number of rotatable bonds is 5. The van der Waals surface area contributed by atoms with Crippen LogP contribution in [0.3, 0.4) is 0 Å². The fraction of sp³-hybridized carbons (Fsp3) is 0.286. The van der Waals surface area contributed by atoms with Gasteiger partial charge in [-0.25, -0.2) is 0 Å². The maximum absolute atomic E-state index is 5.72. The first-order valence-electron chi connectivity index (χ1n) is 6.49. The van der Waals surface area contributed by atoms with E-state index in [1.807, 2.05) is 25.1 Å². The molecule has 1 aromatic carbocycles. The lowest BCUT2D eigenvalue weighted by Gasteiger charge is -2.16. The summed E-state index contributed by atoms with van der Waals surface area (Å²) >= 11 is 3.43. The molecule has 1 atom stereocenters. The minimum atomic E-state index is 0.131. The lowest BCUT2D eigenvalue weighted by Crippen LogP contribution is -2.11. The molecule has 2 aromatic rings. The van der Waals surface area contributed by atoms with Crippen molar-refractivity contribution in [3.8, 4) is 0 Å². The second kappa shape index (κ2) is 6.56. The number of anilines is 3. The fourth-order valence-corrected chi connectivity index (χ4v) is 2.13. The number of hydrogen-bond donors (Lipinski definition) is 3. The third-order valence-corrected chi connectivity index (χ3v) is 3.36. The van der Waals surface area contributed by atoms with Gasteiger partial charge in [0.2, 0.25) is 5.95 Å². The number of nitrogens with two attached hydrogens (primary N) is 1. The predicted octanol–water partition coefficient (Wildman–Crippen LogP) is 3.43. The summed E-state index contributed by atoms with van der Waals surface area (Å²) in [5, 5.41) is 6.46. The first-order chi connectivity index (χ1) is 9.58. The van der Waals surface area contributed by atoms with Crippen LogP contribution in [-0.4, -0.2) is 16.5 Å². The molecular weight excluding hydrogens is 318 g/mol. The smallest absolute Gasteiger partial charge is 0.223 e. The number of hydrogen-bond acceptors (Lipinski definition) is 5. The zero-order valence-corrected chi connectivity index (χ0v) is 13.1. The SMILES string of the molecule is CCNc1cc(NC(C)c2ccc(Br)cc2)nc(N)n1. The van der Waals surface area contributed by atoms with Crippen molar-refractivity contribution in [2.75, 3.05) is 22.9 Å². The zero-order valence-electron chi connectivity index (χ0n) is 11.5. The average molecular weight is 336 g/mol. The highest BCUT2D eigenvalue weighted by Crippen LogP contribution is 2.21. The van der Waals surface area contributed by atoms with E-state index in [-0.39, 0.29) is 12.0 Å². The molecule has 6 heteroatoms. The Bertz CT molecular complexity index is 570. The van der Waals surface area contributed by atoms with Crippen molar-refractivity contribution in [2.24, 2.45) is 0 Å². The molecular formula is C14H18BrN5. The van der Waals surface area contributed by atoms with Crippen molar-refractivity contribution in [3.63, 3.8) is 0 Å². The van der Waals surface area contributed by atoms with Gasteiger partial charge in [0, 0.05) is 23.1 Å². The van der Waals surface area contributed by atoms with Gasteiger partial charge in [0.15, 0.2) is 0 Å². The summed E-state index contributed by atoms with van der Waals surface area (Å²) in [4.78, 5) is 8.33. The van der Waals surface area contributed by atoms with Gasteiger partial charge >= 0.3 is 0 Å². The van der Waals surface area contributed by atoms with Crippen molar-refractivity contribution >= 4 is 33.5 Å². The summed E-state index contributed by atoms with van der Waals surface area (Å²) in [5.74, 6) is 1.70.